The van der Waals surface area contributed by atoms with E-state index >= 15 is 0 Å². The Labute approximate surface area is 57.9 Å². The zero-order chi connectivity index (χ0) is 7.44. The lowest BCUT2D eigenvalue weighted by atomic mass is 9.91. The van der Waals surface area contributed by atoms with Crippen LogP contribution >= 0.6 is 0 Å². The van der Waals surface area contributed by atoms with Crippen LogP contribution in [0.3, 0.4) is 0 Å². The Morgan fingerprint density at radius 2 is 1.78 bits per heavy atom. The van der Waals surface area contributed by atoms with Gasteiger partial charge in [-0.05, 0) is 11.8 Å². The lowest BCUT2D eigenvalue weighted by molar-refractivity contribution is 0.384. The summed E-state index contributed by atoms with van der Waals surface area (Å²) in [6.07, 6.45) is 1.81. The highest BCUT2D eigenvalue weighted by atomic mass is 14.6. The third kappa shape index (κ3) is 2.66. The third-order valence-electron chi connectivity index (χ3n) is 1.93. The molecule has 0 aromatic carbocycles. The molecule has 0 aromatic rings. The Kier molecular flexibility index (Phi) is 3.55. The van der Waals surface area contributed by atoms with Gasteiger partial charge in [-0.15, -0.1) is 6.58 Å². The zero-order valence-corrected chi connectivity index (χ0v) is 6.59. The number of rotatable bonds is 3. The van der Waals surface area contributed by atoms with Crippen LogP contribution in [0.2, 0.25) is 0 Å². The van der Waals surface area contributed by atoms with Gasteiger partial charge in [0.15, 0.2) is 0 Å². The highest BCUT2D eigenvalue weighted by Gasteiger charge is 2.11. The van der Waals surface area contributed by atoms with Crippen molar-refractivity contribution in [3.63, 3.8) is 0 Å². The summed E-state index contributed by atoms with van der Waals surface area (Å²) in [5.41, 5.74) is 5.70. The van der Waals surface area contributed by atoms with Gasteiger partial charge in [0.2, 0.25) is 0 Å². The molecule has 0 spiro atoms. The van der Waals surface area contributed by atoms with Crippen molar-refractivity contribution < 1.29 is 0 Å². The molecule has 0 saturated carbocycles. The van der Waals surface area contributed by atoms with E-state index in [0.717, 1.165) is 0 Å². The summed E-state index contributed by atoms with van der Waals surface area (Å²) in [7, 11) is 0. The number of nitrogens with two attached hydrogens (primary N) is 1. The minimum atomic E-state index is 0.157. The fourth-order valence-corrected chi connectivity index (χ4v) is 0.659. The van der Waals surface area contributed by atoms with Gasteiger partial charge >= 0.3 is 0 Å². The SMILES string of the molecule is C=CC(N)[C@@H](C)C(C)C. The number of hydrogen-bond donors (Lipinski definition) is 1. The predicted molar refractivity (Wildman–Crippen MR) is 42.2 cm³/mol. The maximum Gasteiger partial charge on any atom is 0.0249 e. The van der Waals surface area contributed by atoms with Crippen LogP contribution in [0.4, 0.5) is 0 Å². The van der Waals surface area contributed by atoms with Crippen LogP contribution in [0, 0.1) is 11.8 Å². The van der Waals surface area contributed by atoms with E-state index in [1.54, 1.807) is 0 Å². The van der Waals surface area contributed by atoms with E-state index in [1.165, 1.54) is 0 Å². The average Bonchev–Trinajstić information content (AvgIpc) is 1.84. The van der Waals surface area contributed by atoms with Crippen LogP contribution in [-0.4, -0.2) is 6.04 Å². The molecule has 0 aliphatic carbocycles. The Morgan fingerprint density at radius 1 is 1.33 bits per heavy atom. The summed E-state index contributed by atoms with van der Waals surface area (Å²) >= 11 is 0. The van der Waals surface area contributed by atoms with Gasteiger partial charge < -0.3 is 5.73 Å². The van der Waals surface area contributed by atoms with Crippen LogP contribution in [0.5, 0.6) is 0 Å². The molecule has 0 saturated heterocycles. The minimum absolute atomic E-state index is 0.157. The Hall–Kier alpha value is -0.300. The van der Waals surface area contributed by atoms with Gasteiger partial charge in [0, 0.05) is 6.04 Å². The Morgan fingerprint density at radius 3 is 1.89 bits per heavy atom. The first-order valence-corrected chi connectivity index (χ1v) is 3.47. The lowest BCUT2D eigenvalue weighted by Crippen LogP contribution is -2.28. The van der Waals surface area contributed by atoms with Gasteiger partial charge in [-0.2, -0.15) is 0 Å². The molecule has 0 aliphatic rings. The fourth-order valence-electron chi connectivity index (χ4n) is 0.659. The second-order valence-corrected chi connectivity index (χ2v) is 2.92. The zero-order valence-electron chi connectivity index (χ0n) is 6.59. The third-order valence-corrected chi connectivity index (χ3v) is 1.93. The van der Waals surface area contributed by atoms with E-state index in [2.05, 4.69) is 27.4 Å². The van der Waals surface area contributed by atoms with Gasteiger partial charge in [-0.1, -0.05) is 26.8 Å². The van der Waals surface area contributed by atoms with Crippen molar-refractivity contribution in [2.24, 2.45) is 17.6 Å². The Balaban J connectivity index is 3.71. The van der Waals surface area contributed by atoms with Gasteiger partial charge in [-0.25, -0.2) is 0 Å². The van der Waals surface area contributed by atoms with Crippen molar-refractivity contribution in [1.29, 1.82) is 0 Å². The molecule has 2 N–H and O–H groups in total. The lowest BCUT2D eigenvalue weighted by Gasteiger charge is -2.19. The molecule has 2 atom stereocenters. The van der Waals surface area contributed by atoms with Crippen LogP contribution < -0.4 is 5.73 Å². The van der Waals surface area contributed by atoms with Crippen molar-refractivity contribution in [1.82, 2.24) is 0 Å². The molecule has 1 nitrogen and oxygen atoms in total. The standard InChI is InChI=1S/C8H17N/c1-5-8(9)7(4)6(2)3/h5-8H,1,9H2,2-4H3/t7-,8?/m0/s1. The summed E-state index contributed by atoms with van der Waals surface area (Å²) in [6, 6.07) is 0.157. The van der Waals surface area contributed by atoms with E-state index in [4.69, 9.17) is 5.73 Å². The molecule has 9 heavy (non-hydrogen) atoms. The molecule has 0 rings (SSSR count). The molecule has 0 fully saturated rings. The summed E-state index contributed by atoms with van der Waals surface area (Å²) < 4.78 is 0. The summed E-state index contributed by atoms with van der Waals surface area (Å²) in [6.45, 7) is 10.1. The highest BCUT2D eigenvalue weighted by Crippen LogP contribution is 2.12. The van der Waals surface area contributed by atoms with E-state index in [1.807, 2.05) is 6.08 Å². The maximum absolute atomic E-state index is 5.70. The highest BCUT2D eigenvalue weighted by molar-refractivity contribution is 4.87. The van der Waals surface area contributed by atoms with Crippen molar-refractivity contribution >= 4 is 0 Å². The molecule has 54 valence electrons. The molecular formula is C8H17N. The smallest absolute Gasteiger partial charge is 0.0249 e. The number of hydrogen-bond acceptors (Lipinski definition) is 1. The minimum Gasteiger partial charge on any atom is -0.324 e. The van der Waals surface area contributed by atoms with Gasteiger partial charge in [0.05, 0.1) is 0 Å². The normalized spacial score (nSPS) is 17.4. The van der Waals surface area contributed by atoms with Crippen LogP contribution in [0.25, 0.3) is 0 Å². The fraction of sp³-hybridized carbons (Fsp3) is 0.750. The van der Waals surface area contributed by atoms with E-state index in [-0.39, 0.29) is 6.04 Å². The molecule has 0 aromatic heterocycles. The molecular weight excluding hydrogens is 110 g/mol. The van der Waals surface area contributed by atoms with Gasteiger partial charge in [0.1, 0.15) is 0 Å². The van der Waals surface area contributed by atoms with Crippen molar-refractivity contribution in [3.05, 3.63) is 12.7 Å². The van der Waals surface area contributed by atoms with E-state index < -0.39 is 0 Å². The summed E-state index contributed by atoms with van der Waals surface area (Å²) in [4.78, 5) is 0. The second kappa shape index (κ2) is 3.67. The first-order valence-electron chi connectivity index (χ1n) is 3.47. The van der Waals surface area contributed by atoms with Crippen molar-refractivity contribution in [2.75, 3.05) is 0 Å². The average molecular weight is 127 g/mol. The van der Waals surface area contributed by atoms with Gasteiger partial charge in [-0.3, -0.25) is 0 Å². The molecule has 1 heteroatoms. The van der Waals surface area contributed by atoms with E-state index in [9.17, 15) is 0 Å². The molecule has 0 radical (unpaired) electrons. The van der Waals surface area contributed by atoms with Gasteiger partial charge in [0.25, 0.3) is 0 Å². The monoisotopic (exact) mass is 127 g/mol. The molecule has 1 unspecified atom stereocenters. The molecule has 0 aliphatic heterocycles. The molecule has 0 bridgehead atoms. The van der Waals surface area contributed by atoms with Crippen molar-refractivity contribution in [2.45, 2.75) is 26.8 Å². The predicted octanol–water partition coefficient (Wildman–Crippen LogP) is 1.79. The summed E-state index contributed by atoms with van der Waals surface area (Å²) in [5, 5.41) is 0. The quantitative estimate of drug-likeness (QED) is 0.575. The Bertz CT molecular complexity index is 86.6. The van der Waals surface area contributed by atoms with Crippen molar-refractivity contribution in [3.8, 4) is 0 Å². The second-order valence-electron chi connectivity index (χ2n) is 2.92. The maximum atomic E-state index is 5.70. The first kappa shape index (κ1) is 8.70. The van der Waals surface area contributed by atoms with Crippen LogP contribution in [0.1, 0.15) is 20.8 Å². The molecule has 0 heterocycles. The first-order chi connectivity index (χ1) is 4.09. The molecule has 0 amide bonds. The van der Waals surface area contributed by atoms with E-state index in [0.29, 0.717) is 11.8 Å². The topological polar surface area (TPSA) is 26.0 Å². The van der Waals surface area contributed by atoms with Crippen LogP contribution in [0.15, 0.2) is 12.7 Å². The van der Waals surface area contributed by atoms with Crippen LogP contribution in [-0.2, 0) is 0 Å². The largest absolute Gasteiger partial charge is 0.324 e. The summed E-state index contributed by atoms with van der Waals surface area (Å²) in [5.74, 6) is 1.19.